The van der Waals surface area contributed by atoms with Gasteiger partial charge in [-0.3, -0.25) is 10.1 Å². The van der Waals surface area contributed by atoms with Gasteiger partial charge in [0.15, 0.2) is 5.82 Å². The number of rotatable bonds is 3. The number of nitrogens with zero attached hydrogens (tertiary/aromatic N) is 1. The van der Waals surface area contributed by atoms with E-state index in [-0.39, 0.29) is 12.1 Å². The topological polar surface area (TPSA) is 55.2 Å². The van der Waals surface area contributed by atoms with Crippen molar-refractivity contribution < 1.29 is 22.5 Å². The maximum atomic E-state index is 13.7. The molecule has 1 aliphatic rings. The Hall–Kier alpha value is -1.86. The molecule has 1 aromatic carbocycles. The van der Waals surface area contributed by atoms with Crippen LogP contribution in [0.5, 0.6) is 0 Å². The van der Waals surface area contributed by atoms with Crippen LogP contribution < -0.4 is 5.32 Å². The predicted octanol–water partition coefficient (Wildman–Crippen LogP) is 4.27. The third-order valence-corrected chi connectivity index (χ3v) is 3.69. The van der Waals surface area contributed by atoms with Gasteiger partial charge in [-0.1, -0.05) is 12.8 Å². The summed E-state index contributed by atoms with van der Waals surface area (Å²) in [6.45, 7) is 0. The summed E-state index contributed by atoms with van der Waals surface area (Å²) in [5.41, 5.74) is -0.573. The lowest BCUT2D eigenvalue weighted by molar-refractivity contribution is -0.385. The first-order valence-corrected chi connectivity index (χ1v) is 6.56. The first-order valence-electron chi connectivity index (χ1n) is 6.56. The number of alkyl halides is 3. The zero-order valence-corrected chi connectivity index (χ0v) is 11.0. The van der Waals surface area contributed by atoms with Crippen LogP contribution in [-0.2, 0) is 0 Å². The van der Waals surface area contributed by atoms with Gasteiger partial charge >= 0.3 is 6.18 Å². The highest BCUT2D eigenvalue weighted by molar-refractivity contribution is 5.50. The SMILES string of the molecule is O=[N+]([O-])c1ccc(NC2CCCCC2C(F)(F)F)c(F)c1. The molecule has 0 radical (unpaired) electrons. The standard InChI is InChI=1S/C13H14F4N2O2/c14-10-7-8(19(20)21)5-6-12(10)18-11-4-2-1-3-9(11)13(15,16)17/h5-7,9,11,18H,1-4H2. The van der Waals surface area contributed by atoms with Gasteiger partial charge in [-0.15, -0.1) is 0 Å². The van der Waals surface area contributed by atoms with Crippen molar-refractivity contribution in [2.24, 2.45) is 5.92 Å². The number of hydrogen-bond donors (Lipinski definition) is 1. The summed E-state index contributed by atoms with van der Waals surface area (Å²) in [4.78, 5) is 9.75. The van der Waals surface area contributed by atoms with E-state index in [1.165, 1.54) is 0 Å². The third kappa shape index (κ3) is 3.62. The summed E-state index contributed by atoms with van der Waals surface area (Å²) in [6, 6.07) is 1.97. The normalized spacial score (nSPS) is 22.9. The Balaban J connectivity index is 2.18. The van der Waals surface area contributed by atoms with Crippen LogP contribution in [0.3, 0.4) is 0 Å². The van der Waals surface area contributed by atoms with E-state index in [2.05, 4.69) is 5.32 Å². The fraction of sp³-hybridized carbons (Fsp3) is 0.538. The molecule has 0 heterocycles. The number of hydrogen-bond acceptors (Lipinski definition) is 3. The average molecular weight is 306 g/mol. The lowest BCUT2D eigenvalue weighted by Gasteiger charge is -2.34. The van der Waals surface area contributed by atoms with Crippen molar-refractivity contribution in [2.75, 3.05) is 5.32 Å². The molecule has 0 saturated heterocycles. The number of nitrogens with one attached hydrogen (secondary N) is 1. The van der Waals surface area contributed by atoms with Gasteiger partial charge in [-0.05, 0) is 18.9 Å². The predicted molar refractivity (Wildman–Crippen MR) is 68.5 cm³/mol. The number of halogens is 4. The van der Waals surface area contributed by atoms with Crippen LogP contribution in [0.2, 0.25) is 0 Å². The zero-order valence-electron chi connectivity index (χ0n) is 11.0. The molecular weight excluding hydrogens is 292 g/mol. The molecule has 1 N–H and O–H groups in total. The van der Waals surface area contributed by atoms with Gasteiger partial charge in [0, 0.05) is 12.1 Å². The van der Waals surface area contributed by atoms with E-state index in [0.29, 0.717) is 25.3 Å². The Morgan fingerprint density at radius 3 is 2.48 bits per heavy atom. The molecule has 1 aromatic rings. The molecule has 21 heavy (non-hydrogen) atoms. The highest BCUT2D eigenvalue weighted by Gasteiger charge is 2.45. The van der Waals surface area contributed by atoms with Gasteiger partial charge < -0.3 is 5.32 Å². The zero-order chi connectivity index (χ0) is 15.6. The average Bonchev–Trinajstić information content (AvgIpc) is 2.40. The van der Waals surface area contributed by atoms with Crippen molar-refractivity contribution in [3.63, 3.8) is 0 Å². The van der Waals surface area contributed by atoms with Crippen LogP contribution in [0, 0.1) is 21.8 Å². The second-order valence-electron chi connectivity index (χ2n) is 5.10. The lowest BCUT2D eigenvalue weighted by atomic mass is 9.84. The van der Waals surface area contributed by atoms with Crippen LogP contribution in [-0.4, -0.2) is 17.1 Å². The molecule has 1 saturated carbocycles. The van der Waals surface area contributed by atoms with Crippen molar-refractivity contribution in [2.45, 2.75) is 37.9 Å². The largest absolute Gasteiger partial charge is 0.393 e. The van der Waals surface area contributed by atoms with Gasteiger partial charge in [0.2, 0.25) is 0 Å². The molecule has 2 rings (SSSR count). The summed E-state index contributed by atoms with van der Waals surface area (Å²) in [5.74, 6) is -2.45. The molecule has 0 aromatic heterocycles. The Labute approximate surface area is 118 Å². The molecular formula is C13H14F4N2O2. The van der Waals surface area contributed by atoms with Gasteiger partial charge in [0.25, 0.3) is 5.69 Å². The molecule has 116 valence electrons. The Morgan fingerprint density at radius 1 is 1.24 bits per heavy atom. The third-order valence-electron chi connectivity index (χ3n) is 3.69. The van der Waals surface area contributed by atoms with Crippen LogP contribution in [0.15, 0.2) is 18.2 Å². The maximum Gasteiger partial charge on any atom is 0.393 e. The van der Waals surface area contributed by atoms with Crippen molar-refractivity contribution in [1.29, 1.82) is 0 Å². The van der Waals surface area contributed by atoms with E-state index >= 15 is 0 Å². The number of non-ortho nitro benzene ring substituents is 1. The van der Waals surface area contributed by atoms with Gasteiger partial charge in [-0.25, -0.2) is 4.39 Å². The molecule has 0 aliphatic heterocycles. The van der Waals surface area contributed by atoms with Crippen LogP contribution in [0.4, 0.5) is 28.9 Å². The minimum atomic E-state index is -4.34. The van der Waals surface area contributed by atoms with E-state index in [9.17, 15) is 27.7 Å². The quantitative estimate of drug-likeness (QED) is 0.515. The molecule has 4 nitrogen and oxygen atoms in total. The first-order chi connectivity index (χ1) is 9.79. The molecule has 0 amide bonds. The van der Waals surface area contributed by atoms with Gasteiger partial charge in [0.1, 0.15) is 0 Å². The highest BCUT2D eigenvalue weighted by Crippen LogP contribution is 2.39. The fourth-order valence-electron chi connectivity index (χ4n) is 2.63. The van der Waals surface area contributed by atoms with E-state index < -0.39 is 34.6 Å². The van der Waals surface area contributed by atoms with Crippen LogP contribution >= 0.6 is 0 Å². The van der Waals surface area contributed by atoms with Gasteiger partial charge in [0.05, 0.1) is 22.6 Å². The summed E-state index contributed by atoms with van der Waals surface area (Å²) in [7, 11) is 0. The van der Waals surface area contributed by atoms with E-state index in [1.54, 1.807) is 0 Å². The first kappa shape index (κ1) is 15.5. The Kier molecular flexibility index (Phi) is 4.34. The molecule has 2 unspecified atom stereocenters. The fourth-order valence-corrected chi connectivity index (χ4v) is 2.63. The van der Waals surface area contributed by atoms with E-state index in [4.69, 9.17) is 0 Å². The molecule has 2 atom stereocenters. The van der Waals surface area contributed by atoms with E-state index in [0.717, 1.165) is 12.1 Å². The van der Waals surface area contributed by atoms with Crippen molar-refractivity contribution in [1.82, 2.24) is 0 Å². The lowest BCUT2D eigenvalue weighted by Crippen LogP contribution is -2.41. The summed E-state index contributed by atoms with van der Waals surface area (Å²) >= 11 is 0. The van der Waals surface area contributed by atoms with Crippen LogP contribution in [0.25, 0.3) is 0 Å². The van der Waals surface area contributed by atoms with E-state index in [1.807, 2.05) is 0 Å². The number of nitro groups is 1. The van der Waals surface area contributed by atoms with Crippen molar-refractivity contribution >= 4 is 11.4 Å². The molecule has 1 fully saturated rings. The second kappa shape index (κ2) is 5.87. The Bertz CT molecular complexity index is 533. The molecule has 0 bridgehead atoms. The second-order valence-corrected chi connectivity index (χ2v) is 5.10. The molecule has 1 aliphatic carbocycles. The number of anilines is 1. The number of nitro benzene ring substituents is 1. The Morgan fingerprint density at radius 2 is 1.90 bits per heavy atom. The number of benzene rings is 1. The highest BCUT2D eigenvalue weighted by atomic mass is 19.4. The molecule has 0 spiro atoms. The summed E-state index contributed by atoms with van der Waals surface area (Å²) in [6.07, 6.45) is -2.91. The summed E-state index contributed by atoms with van der Waals surface area (Å²) < 4.78 is 52.6. The monoisotopic (exact) mass is 306 g/mol. The minimum absolute atomic E-state index is 0.00969. The van der Waals surface area contributed by atoms with Crippen LogP contribution in [0.1, 0.15) is 25.7 Å². The maximum absolute atomic E-state index is 13.7. The minimum Gasteiger partial charge on any atom is -0.379 e. The molecule has 8 heteroatoms. The summed E-state index contributed by atoms with van der Waals surface area (Å²) in [5, 5.41) is 13.1. The van der Waals surface area contributed by atoms with Crippen molar-refractivity contribution in [3.05, 3.63) is 34.1 Å². The smallest absolute Gasteiger partial charge is 0.379 e. The van der Waals surface area contributed by atoms with Crippen molar-refractivity contribution in [3.8, 4) is 0 Å². The van der Waals surface area contributed by atoms with Gasteiger partial charge in [-0.2, -0.15) is 13.2 Å².